The van der Waals surface area contributed by atoms with Gasteiger partial charge in [-0.05, 0) is 38.0 Å². The van der Waals surface area contributed by atoms with E-state index < -0.39 is 0 Å². The number of nitrogens with zero attached hydrogens (tertiary/aromatic N) is 3. The van der Waals surface area contributed by atoms with Gasteiger partial charge in [-0.1, -0.05) is 13.0 Å². The summed E-state index contributed by atoms with van der Waals surface area (Å²) in [6.07, 6.45) is 1.67. The molecule has 1 N–H and O–H groups in total. The molecule has 1 aromatic carbocycles. The Labute approximate surface area is 140 Å². The van der Waals surface area contributed by atoms with E-state index in [9.17, 15) is 4.79 Å². The second-order valence-electron chi connectivity index (χ2n) is 6.03. The minimum Gasteiger partial charge on any atom is -0.435 e. The first-order valence-electron chi connectivity index (χ1n) is 8.16. The second kappa shape index (κ2) is 6.47. The molecule has 0 saturated heterocycles. The van der Waals surface area contributed by atoms with Gasteiger partial charge in [-0.15, -0.1) is 0 Å². The van der Waals surface area contributed by atoms with Crippen LogP contribution in [0.15, 0.2) is 22.6 Å². The molecule has 126 valence electrons. The maximum atomic E-state index is 12.4. The highest BCUT2D eigenvalue weighted by Crippen LogP contribution is 2.17. The Balaban J connectivity index is 1.76. The van der Waals surface area contributed by atoms with Crippen molar-refractivity contribution in [2.45, 2.75) is 40.2 Å². The number of oxazole rings is 1. The first kappa shape index (κ1) is 16.2. The van der Waals surface area contributed by atoms with Crippen LogP contribution in [0.3, 0.4) is 0 Å². The van der Waals surface area contributed by atoms with Gasteiger partial charge in [-0.2, -0.15) is 0 Å². The molecule has 0 aliphatic carbocycles. The van der Waals surface area contributed by atoms with E-state index in [1.807, 2.05) is 37.6 Å². The van der Waals surface area contributed by atoms with Crippen molar-refractivity contribution in [3.63, 3.8) is 0 Å². The van der Waals surface area contributed by atoms with Gasteiger partial charge in [0.05, 0.1) is 23.3 Å². The molecular weight excluding hydrogens is 304 g/mol. The van der Waals surface area contributed by atoms with E-state index in [0.29, 0.717) is 18.1 Å². The first-order valence-corrected chi connectivity index (χ1v) is 8.16. The molecule has 0 bridgehead atoms. The lowest BCUT2D eigenvalue weighted by molar-refractivity contribution is 0.0919. The van der Waals surface area contributed by atoms with Gasteiger partial charge < -0.3 is 14.3 Å². The minimum absolute atomic E-state index is 0.259. The standard InChI is InChI=1S/C18H22N4O2/c1-5-6-16-20-12(3)17(24-16)18(23)19-10-15-21-13-9-11(2)7-8-14(13)22(15)4/h7-9H,5-6,10H2,1-4H3,(H,19,23). The number of aromatic nitrogens is 3. The summed E-state index contributed by atoms with van der Waals surface area (Å²) in [4.78, 5) is 21.2. The zero-order chi connectivity index (χ0) is 17.3. The van der Waals surface area contributed by atoms with Crippen molar-refractivity contribution in [2.75, 3.05) is 0 Å². The number of hydrogen-bond donors (Lipinski definition) is 1. The molecule has 0 spiro atoms. The van der Waals surface area contributed by atoms with Crippen LogP contribution in [0, 0.1) is 13.8 Å². The molecule has 0 aliphatic heterocycles. The number of benzene rings is 1. The van der Waals surface area contributed by atoms with Crippen molar-refractivity contribution in [1.82, 2.24) is 19.9 Å². The molecule has 1 amide bonds. The molecule has 0 unspecified atom stereocenters. The van der Waals surface area contributed by atoms with E-state index in [2.05, 4.69) is 21.4 Å². The molecule has 2 aromatic heterocycles. The Hall–Kier alpha value is -2.63. The summed E-state index contributed by atoms with van der Waals surface area (Å²) in [5.41, 5.74) is 3.77. The van der Waals surface area contributed by atoms with Crippen LogP contribution in [-0.4, -0.2) is 20.4 Å². The fourth-order valence-corrected chi connectivity index (χ4v) is 2.74. The number of rotatable bonds is 5. The normalized spacial score (nSPS) is 11.2. The SMILES string of the molecule is CCCc1nc(C)c(C(=O)NCc2nc3cc(C)ccc3n2C)o1. The lowest BCUT2D eigenvalue weighted by atomic mass is 10.2. The number of nitrogens with one attached hydrogen (secondary N) is 1. The van der Waals surface area contributed by atoms with Crippen molar-refractivity contribution in [2.24, 2.45) is 7.05 Å². The fourth-order valence-electron chi connectivity index (χ4n) is 2.74. The summed E-state index contributed by atoms with van der Waals surface area (Å²) >= 11 is 0. The summed E-state index contributed by atoms with van der Waals surface area (Å²) in [5.74, 6) is 1.44. The first-order chi connectivity index (χ1) is 11.5. The van der Waals surface area contributed by atoms with Crippen LogP contribution in [0.25, 0.3) is 11.0 Å². The summed E-state index contributed by atoms with van der Waals surface area (Å²) in [7, 11) is 1.95. The zero-order valence-electron chi connectivity index (χ0n) is 14.5. The van der Waals surface area contributed by atoms with E-state index in [1.165, 1.54) is 0 Å². The van der Waals surface area contributed by atoms with Crippen LogP contribution in [0.5, 0.6) is 0 Å². The van der Waals surface area contributed by atoms with Crippen LogP contribution < -0.4 is 5.32 Å². The Morgan fingerprint density at radius 3 is 2.83 bits per heavy atom. The van der Waals surface area contributed by atoms with E-state index in [-0.39, 0.29) is 11.7 Å². The van der Waals surface area contributed by atoms with Crippen molar-refractivity contribution >= 4 is 16.9 Å². The Bertz CT molecular complexity index is 892. The number of hydrogen-bond acceptors (Lipinski definition) is 4. The van der Waals surface area contributed by atoms with Gasteiger partial charge in [0.2, 0.25) is 5.76 Å². The quantitative estimate of drug-likeness (QED) is 0.782. The van der Waals surface area contributed by atoms with Crippen molar-refractivity contribution in [3.8, 4) is 0 Å². The number of fused-ring (bicyclic) bond motifs is 1. The molecule has 6 nitrogen and oxygen atoms in total. The predicted octanol–water partition coefficient (Wildman–Crippen LogP) is 3.06. The van der Waals surface area contributed by atoms with Crippen LogP contribution in [-0.2, 0) is 20.0 Å². The highest BCUT2D eigenvalue weighted by atomic mass is 16.4. The van der Waals surface area contributed by atoms with Gasteiger partial charge in [0.25, 0.3) is 5.91 Å². The van der Waals surface area contributed by atoms with Gasteiger partial charge in [0.15, 0.2) is 5.89 Å². The van der Waals surface area contributed by atoms with Crippen LogP contribution in [0.2, 0.25) is 0 Å². The molecule has 0 atom stereocenters. The Morgan fingerprint density at radius 1 is 1.29 bits per heavy atom. The topological polar surface area (TPSA) is 73.0 Å². The number of imidazole rings is 1. The smallest absolute Gasteiger partial charge is 0.289 e. The highest BCUT2D eigenvalue weighted by molar-refractivity contribution is 5.92. The average molecular weight is 326 g/mol. The lowest BCUT2D eigenvalue weighted by Crippen LogP contribution is -2.24. The molecule has 0 saturated carbocycles. The number of carbonyl (C=O) groups excluding carboxylic acids is 1. The fraction of sp³-hybridized carbons (Fsp3) is 0.389. The largest absolute Gasteiger partial charge is 0.435 e. The van der Waals surface area contributed by atoms with E-state index in [0.717, 1.165) is 35.3 Å². The van der Waals surface area contributed by atoms with Crippen molar-refractivity contribution in [1.29, 1.82) is 0 Å². The van der Waals surface area contributed by atoms with Crippen LogP contribution >= 0.6 is 0 Å². The predicted molar refractivity (Wildman–Crippen MR) is 91.9 cm³/mol. The summed E-state index contributed by atoms with van der Waals surface area (Å²) in [6, 6.07) is 6.14. The van der Waals surface area contributed by atoms with E-state index in [1.54, 1.807) is 6.92 Å². The molecule has 3 aromatic rings. The molecule has 6 heteroatoms. The average Bonchev–Trinajstić information content (AvgIpc) is 3.05. The van der Waals surface area contributed by atoms with E-state index in [4.69, 9.17) is 4.42 Å². The summed E-state index contributed by atoms with van der Waals surface area (Å²) in [5, 5.41) is 2.87. The van der Waals surface area contributed by atoms with Gasteiger partial charge >= 0.3 is 0 Å². The van der Waals surface area contributed by atoms with E-state index >= 15 is 0 Å². The summed E-state index contributed by atoms with van der Waals surface area (Å²) in [6.45, 7) is 6.21. The molecule has 24 heavy (non-hydrogen) atoms. The molecule has 0 aliphatic rings. The minimum atomic E-state index is -0.259. The molecular formula is C18H22N4O2. The molecule has 2 heterocycles. The lowest BCUT2D eigenvalue weighted by Gasteiger charge is -2.04. The monoisotopic (exact) mass is 326 g/mol. The molecule has 0 radical (unpaired) electrons. The zero-order valence-corrected chi connectivity index (χ0v) is 14.5. The van der Waals surface area contributed by atoms with Crippen molar-refractivity contribution in [3.05, 3.63) is 46.9 Å². The maximum absolute atomic E-state index is 12.4. The summed E-state index contributed by atoms with van der Waals surface area (Å²) < 4.78 is 7.55. The molecule has 0 fully saturated rings. The van der Waals surface area contributed by atoms with Gasteiger partial charge in [0, 0.05) is 13.5 Å². The third kappa shape index (κ3) is 3.04. The van der Waals surface area contributed by atoms with Crippen LogP contribution in [0.1, 0.15) is 46.9 Å². The third-order valence-electron chi connectivity index (χ3n) is 4.05. The third-order valence-corrected chi connectivity index (χ3v) is 4.05. The second-order valence-corrected chi connectivity index (χ2v) is 6.03. The van der Waals surface area contributed by atoms with Crippen LogP contribution in [0.4, 0.5) is 0 Å². The number of amides is 1. The number of aryl methyl sites for hydroxylation is 4. The number of carbonyl (C=O) groups is 1. The Kier molecular flexibility index (Phi) is 4.38. The van der Waals surface area contributed by atoms with Gasteiger partial charge in [-0.3, -0.25) is 4.79 Å². The van der Waals surface area contributed by atoms with Gasteiger partial charge in [0.1, 0.15) is 5.82 Å². The highest BCUT2D eigenvalue weighted by Gasteiger charge is 2.18. The van der Waals surface area contributed by atoms with Crippen molar-refractivity contribution < 1.29 is 9.21 Å². The Morgan fingerprint density at radius 2 is 2.08 bits per heavy atom. The molecule has 3 rings (SSSR count). The van der Waals surface area contributed by atoms with Gasteiger partial charge in [-0.25, -0.2) is 9.97 Å². The maximum Gasteiger partial charge on any atom is 0.289 e.